The van der Waals surface area contributed by atoms with Gasteiger partial charge < -0.3 is 13.6 Å². The van der Waals surface area contributed by atoms with E-state index in [4.69, 9.17) is 36.8 Å². The number of fused-ring (bicyclic) bond motifs is 1. The molecule has 4 nitrogen and oxygen atoms in total. The van der Waals surface area contributed by atoms with Gasteiger partial charge in [0.1, 0.15) is 17.9 Å². The molecule has 26 heavy (non-hydrogen) atoms. The zero-order chi connectivity index (χ0) is 18.1. The zero-order valence-corrected chi connectivity index (χ0v) is 14.9. The van der Waals surface area contributed by atoms with E-state index >= 15 is 0 Å². The van der Waals surface area contributed by atoms with Crippen LogP contribution in [0.25, 0.3) is 22.5 Å². The Labute approximate surface area is 158 Å². The molecule has 0 atom stereocenters. The highest BCUT2D eigenvalue weighted by atomic mass is 35.5. The lowest BCUT2D eigenvalue weighted by Gasteiger charge is -2.08. The van der Waals surface area contributed by atoms with Gasteiger partial charge in [-0.15, -0.1) is 0 Å². The number of hydrogen-bond acceptors (Lipinski definition) is 4. The first-order valence-electron chi connectivity index (χ1n) is 7.79. The Bertz CT molecular complexity index is 1130. The summed E-state index contributed by atoms with van der Waals surface area (Å²) >= 11 is 11.9. The standard InChI is InChI=1S/C20H12Cl2O4/c21-15-5-3-12(8-16(15)22)11-25-13-4-6-18-14(9-13)17(23)10-20(26-18)19-2-1-7-24-19/h1-10H,11H2. The van der Waals surface area contributed by atoms with E-state index in [1.165, 1.54) is 12.3 Å². The number of benzene rings is 2. The van der Waals surface area contributed by atoms with Gasteiger partial charge >= 0.3 is 0 Å². The Morgan fingerprint density at radius 2 is 1.81 bits per heavy atom. The Hall–Kier alpha value is -2.69. The molecule has 0 spiro atoms. The first kappa shape index (κ1) is 16.8. The van der Waals surface area contributed by atoms with Gasteiger partial charge in [-0.2, -0.15) is 0 Å². The molecular weight excluding hydrogens is 375 g/mol. The smallest absolute Gasteiger partial charge is 0.193 e. The lowest BCUT2D eigenvalue weighted by Crippen LogP contribution is -2.01. The van der Waals surface area contributed by atoms with E-state index in [9.17, 15) is 4.79 Å². The van der Waals surface area contributed by atoms with E-state index in [1.54, 1.807) is 42.5 Å². The van der Waals surface area contributed by atoms with Gasteiger partial charge in [-0.3, -0.25) is 4.79 Å². The quantitative estimate of drug-likeness (QED) is 0.435. The number of hydrogen-bond donors (Lipinski definition) is 0. The minimum atomic E-state index is -0.169. The Kier molecular flexibility index (Phi) is 4.45. The van der Waals surface area contributed by atoms with Crippen LogP contribution < -0.4 is 10.2 Å². The van der Waals surface area contributed by atoms with Crippen molar-refractivity contribution in [2.45, 2.75) is 6.61 Å². The van der Waals surface area contributed by atoms with Crippen LogP contribution in [0.2, 0.25) is 10.0 Å². The summed E-state index contributed by atoms with van der Waals surface area (Å²) in [6.07, 6.45) is 1.53. The zero-order valence-electron chi connectivity index (χ0n) is 13.4. The minimum Gasteiger partial charge on any atom is -0.489 e. The predicted octanol–water partition coefficient (Wildman–Crippen LogP) is 5.94. The second kappa shape index (κ2) is 6.90. The van der Waals surface area contributed by atoms with Crippen LogP contribution in [0.1, 0.15) is 5.56 Å². The van der Waals surface area contributed by atoms with Crippen molar-refractivity contribution >= 4 is 34.2 Å². The molecule has 0 fully saturated rings. The van der Waals surface area contributed by atoms with E-state index in [1.807, 2.05) is 6.07 Å². The summed E-state index contributed by atoms with van der Waals surface area (Å²) in [5.74, 6) is 1.45. The van der Waals surface area contributed by atoms with E-state index in [0.29, 0.717) is 44.9 Å². The Morgan fingerprint density at radius 1 is 0.923 bits per heavy atom. The van der Waals surface area contributed by atoms with Crippen LogP contribution >= 0.6 is 23.2 Å². The second-order valence-corrected chi connectivity index (χ2v) is 6.46. The summed E-state index contributed by atoms with van der Waals surface area (Å²) in [5.41, 5.74) is 1.17. The fourth-order valence-electron chi connectivity index (χ4n) is 2.56. The van der Waals surface area contributed by atoms with Crippen LogP contribution in [0.15, 0.2) is 74.5 Å². The molecule has 0 aliphatic carbocycles. The van der Waals surface area contributed by atoms with Crippen molar-refractivity contribution in [3.05, 3.63) is 86.7 Å². The van der Waals surface area contributed by atoms with Gasteiger partial charge in [0.15, 0.2) is 16.9 Å². The molecule has 2 heterocycles. The van der Waals surface area contributed by atoms with E-state index in [-0.39, 0.29) is 5.43 Å². The summed E-state index contributed by atoms with van der Waals surface area (Å²) in [7, 11) is 0. The van der Waals surface area contributed by atoms with Crippen molar-refractivity contribution in [2.24, 2.45) is 0 Å². The molecule has 0 saturated carbocycles. The number of halogens is 2. The largest absolute Gasteiger partial charge is 0.489 e. The fourth-order valence-corrected chi connectivity index (χ4v) is 2.88. The third-order valence-corrected chi connectivity index (χ3v) is 4.59. The lowest BCUT2D eigenvalue weighted by molar-refractivity contribution is 0.306. The molecule has 4 aromatic rings. The third kappa shape index (κ3) is 3.34. The topological polar surface area (TPSA) is 52.6 Å². The fraction of sp³-hybridized carbons (Fsp3) is 0.0500. The van der Waals surface area contributed by atoms with Crippen LogP contribution in [0, 0.1) is 0 Å². The summed E-state index contributed by atoms with van der Waals surface area (Å²) in [5, 5.41) is 1.40. The molecule has 130 valence electrons. The van der Waals surface area contributed by atoms with E-state index < -0.39 is 0 Å². The highest BCUT2D eigenvalue weighted by Crippen LogP contribution is 2.26. The molecule has 0 unspecified atom stereocenters. The SMILES string of the molecule is O=c1cc(-c2ccco2)oc2ccc(OCc3ccc(Cl)c(Cl)c3)cc12. The Balaban J connectivity index is 1.61. The van der Waals surface area contributed by atoms with Gasteiger partial charge in [-0.25, -0.2) is 0 Å². The maximum Gasteiger partial charge on any atom is 0.193 e. The van der Waals surface area contributed by atoms with Gasteiger partial charge in [-0.05, 0) is 48.0 Å². The molecule has 6 heteroatoms. The molecule has 0 aliphatic heterocycles. The maximum atomic E-state index is 12.4. The average Bonchev–Trinajstić information content (AvgIpc) is 3.17. The molecule has 4 rings (SSSR count). The van der Waals surface area contributed by atoms with Gasteiger partial charge in [0.05, 0.1) is 21.7 Å². The lowest BCUT2D eigenvalue weighted by atomic mass is 10.2. The molecule has 2 aromatic heterocycles. The molecular formula is C20H12Cl2O4. The summed E-state index contributed by atoms with van der Waals surface area (Å²) in [4.78, 5) is 12.4. The summed E-state index contributed by atoms with van der Waals surface area (Å²) in [6.45, 7) is 0.304. The number of furan rings is 1. The minimum absolute atomic E-state index is 0.169. The van der Waals surface area contributed by atoms with Crippen LogP contribution in [0.5, 0.6) is 5.75 Å². The second-order valence-electron chi connectivity index (χ2n) is 5.65. The normalized spacial score (nSPS) is 11.0. The monoisotopic (exact) mass is 386 g/mol. The van der Waals surface area contributed by atoms with Crippen molar-refractivity contribution in [2.75, 3.05) is 0 Å². The molecule has 0 aliphatic rings. The van der Waals surface area contributed by atoms with E-state index in [0.717, 1.165) is 5.56 Å². The highest BCUT2D eigenvalue weighted by Gasteiger charge is 2.10. The predicted molar refractivity (Wildman–Crippen MR) is 101 cm³/mol. The summed E-state index contributed by atoms with van der Waals surface area (Å²) < 4.78 is 16.8. The van der Waals surface area contributed by atoms with Gasteiger partial charge in [0, 0.05) is 6.07 Å². The first-order valence-corrected chi connectivity index (χ1v) is 8.54. The van der Waals surface area contributed by atoms with Gasteiger partial charge in [0.25, 0.3) is 0 Å². The van der Waals surface area contributed by atoms with Crippen LogP contribution in [-0.4, -0.2) is 0 Å². The third-order valence-electron chi connectivity index (χ3n) is 3.85. The van der Waals surface area contributed by atoms with Crippen LogP contribution in [-0.2, 0) is 6.61 Å². The molecule has 0 amide bonds. The molecule has 0 radical (unpaired) electrons. The first-order chi connectivity index (χ1) is 12.6. The van der Waals surface area contributed by atoms with Crippen molar-refractivity contribution in [3.63, 3.8) is 0 Å². The number of rotatable bonds is 4. The van der Waals surface area contributed by atoms with Gasteiger partial charge in [0.2, 0.25) is 0 Å². The van der Waals surface area contributed by atoms with Crippen LogP contribution in [0.3, 0.4) is 0 Å². The molecule has 0 saturated heterocycles. The molecule has 0 N–H and O–H groups in total. The van der Waals surface area contributed by atoms with Gasteiger partial charge in [-0.1, -0.05) is 29.3 Å². The van der Waals surface area contributed by atoms with Crippen molar-refractivity contribution < 1.29 is 13.6 Å². The van der Waals surface area contributed by atoms with E-state index in [2.05, 4.69) is 0 Å². The summed E-state index contributed by atoms with van der Waals surface area (Å²) in [6, 6.07) is 15.3. The highest BCUT2D eigenvalue weighted by molar-refractivity contribution is 6.42. The molecule has 0 bridgehead atoms. The molecule has 2 aromatic carbocycles. The van der Waals surface area contributed by atoms with Crippen molar-refractivity contribution in [1.82, 2.24) is 0 Å². The Morgan fingerprint density at radius 3 is 2.58 bits per heavy atom. The van der Waals surface area contributed by atoms with Crippen molar-refractivity contribution in [1.29, 1.82) is 0 Å². The average molecular weight is 387 g/mol. The van der Waals surface area contributed by atoms with Crippen molar-refractivity contribution in [3.8, 4) is 17.3 Å². The number of ether oxygens (including phenoxy) is 1. The van der Waals surface area contributed by atoms with Crippen LogP contribution in [0.4, 0.5) is 0 Å². The maximum absolute atomic E-state index is 12.4.